The van der Waals surface area contributed by atoms with Gasteiger partial charge in [-0.25, -0.2) is 5.10 Å². The third kappa shape index (κ3) is 3.77. The second kappa shape index (κ2) is 8.01. The van der Waals surface area contributed by atoms with Crippen LogP contribution in [0.3, 0.4) is 0 Å². The highest BCUT2D eigenvalue weighted by Gasteiger charge is 2.12. The fraction of sp³-hybridized carbons (Fsp3) is 0.100. The molecular weight excluding hydrogens is 372 g/mol. The maximum absolute atomic E-state index is 5.45. The van der Waals surface area contributed by atoms with E-state index in [-0.39, 0.29) is 0 Å². The van der Waals surface area contributed by atoms with Gasteiger partial charge in [-0.05, 0) is 55.0 Å². The Balaban J connectivity index is 1.61. The van der Waals surface area contributed by atoms with Crippen molar-refractivity contribution in [3.63, 3.8) is 0 Å². The van der Waals surface area contributed by atoms with Crippen molar-refractivity contribution in [2.24, 2.45) is 5.10 Å². The highest BCUT2D eigenvalue weighted by atomic mass is 32.1. The highest BCUT2D eigenvalue weighted by Crippen LogP contribution is 2.22. The lowest BCUT2D eigenvalue weighted by Gasteiger charge is -2.02. The van der Waals surface area contributed by atoms with Crippen LogP contribution in [-0.2, 0) is 0 Å². The number of benzene rings is 2. The summed E-state index contributed by atoms with van der Waals surface area (Å²) < 4.78 is 7.41. The second-order valence-electron chi connectivity index (χ2n) is 5.94. The Bertz CT molecular complexity index is 1140. The molecule has 7 nitrogen and oxygen atoms in total. The van der Waals surface area contributed by atoms with Gasteiger partial charge in [0.2, 0.25) is 10.6 Å². The van der Waals surface area contributed by atoms with Crippen molar-refractivity contribution in [2.45, 2.75) is 6.92 Å². The van der Waals surface area contributed by atoms with Crippen LogP contribution in [0.25, 0.3) is 22.8 Å². The van der Waals surface area contributed by atoms with E-state index in [1.807, 2.05) is 67.6 Å². The maximum Gasteiger partial charge on any atom is 0.216 e. The fourth-order valence-electron chi connectivity index (χ4n) is 2.71. The molecule has 2 aromatic heterocycles. The fourth-order valence-corrected chi connectivity index (χ4v) is 2.89. The summed E-state index contributed by atoms with van der Waals surface area (Å²) in [5.41, 5.74) is 3.48. The Morgan fingerprint density at radius 2 is 1.86 bits per heavy atom. The molecule has 0 fully saturated rings. The van der Waals surface area contributed by atoms with E-state index in [1.54, 1.807) is 10.9 Å². The molecule has 2 N–H and O–H groups in total. The second-order valence-corrected chi connectivity index (χ2v) is 6.33. The zero-order valence-corrected chi connectivity index (χ0v) is 16.0. The number of nitrogens with zero attached hydrogens (tertiary/aromatic N) is 4. The molecule has 2 aromatic carbocycles. The van der Waals surface area contributed by atoms with E-state index in [9.17, 15) is 0 Å². The van der Waals surface area contributed by atoms with Gasteiger partial charge in [-0.15, -0.1) is 0 Å². The minimum absolute atomic E-state index is 0.396. The van der Waals surface area contributed by atoms with Crippen LogP contribution in [0.2, 0.25) is 0 Å². The van der Waals surface area contributed by atoms with E-state index < -0.39 is 0 Å². The number of aromatic amines is 2. The number of hydrogen-bond acceptors (Lipinski definition) is 5. The number of ether oxygens (including phenoxy) is 1. The molecule has 0 atom stereocenters. The standard InChI is InChI=1S/C20H18N6OS/c1-2-27-16-10-8-14(9-11-16)13-21-26-19(24-25-20(26)28)18-12-17(22-23-18)15-6-4-3-5-7-15/h3-13H,2H2,1H3,(H,22,23)(H,25,28)/b21-13+. The van der Waals surface area contributed by atoms with Crippen molar-refractivity contribution in [3.05, 3.63) is 71.0 Å². The molecule has 0 aliphatic rings. The first-order chi connectivity index (χ1) is 13.7. The summed E-state index contributed by atoms with van der Waals surface area (Å²) in [6.07, 6.45) is 1.72. The normalized spacial score (nSPS) is 11.2. The van der Waals surface area contributed by atoms with E-state index in [4.69, 9.17) is 17.0 Å². The van der Waals surface area contributed by atoms with Crippen molar-refractivity contribution in [3.8, 4) is 28.5 Å². The van der Waals surface area contributed by atoms with Crippen LogP contribution in [0.15, 0.2) is 65.8 Å². The van der Waals surface area contributed by atoms with E-state index in [0.29, 0.717) is 17.2 Å². The maximum atomic E-state index is 5.45. The molecule has 0 aliphatic carbocycles. The van der Waals surface area contributed by atoms with Gasteiger partial charge in [0, 0.05) is 5.56 Å². The average Bonchev–Trinajstić information content (AvgIpc) is 3.35. The molecule has 0 saturated heterocycles. The summed E-state index contributed by atoms with van der Waals surface area (Å²) in [4.78, 5) is 0. The van der Waals surface area contributed by atoms with Crippen LogP contribution < -0.4 is 4.74 Å². The molecule has 4 aromatic rings. The van der Waals surface area contributed by atoms with Crippen LogP contribution in [0.5, 0.6) is 5.75 Å². The van der Waals surface area contributed by atoms with Crippen molar-refractivity contribution in [1.29, 1.82) is 0 Å². The van der Waals surface area contributed by atoms with E-state index in [2.05, 4.69) is 25.5 Å². The van der Waals surface area contributed by atoms with E-state index >= 15 is 0 Å². The predicted octanol–water partition coefficient (Wildman–Crippen LogP) is 4.28. The van der Waals surface area contributed by atoms with Crippen LogP contribution in [0.4, 0.5) is 0 Å². The van der Waals surface area contributed by atoms with Crippen molar-refractivity contribution in [2.75, 3.05) is 6.61 Å². The number of rotatable bonds is 6. The Hall–Kier alpha value is -3.52. The number of hydrogen-bond donors (Lipinski definition) is 2. The van der Waals surface area contributed by atoms with Gasteiger partial charge in [0.1, 0.15) is 11.4 Å². The SMILES string of the molecule is CCOc1ccc(/C=N/n2c(-c3cc(-c4ccccc4)n[nH]3)n[nH]c2=S)cc1. The summed E-state index contributed by atoms with van der Waals surface area (Å²) in [7, 11) is 0. The van der Waals surface area contributed by atoms with Gasteiger partial charge >= 0.3 is 0 Å². The van der Waals surface area contributed by atoms with E-state index in [1.165, 1.54) is 0 Å². The molecule has 0 spiro atoms. The molecule has 0 saturated carbocycles. The van der Waals surface area contributed by atoms with Gasteiger partial charge in [-0.2, -0.15) is 20.0 Å². The summed E-state index contributed by atoms with van der Waals surface area (Å²) >= 11 is 5.32. The minimum Gasteiger partial charge on any atom is -0.494 e. The lowest BCUT2D eigenvalue weighted by molar-refractivity contribution is 0.340. The Kier molecular flexibility index (Phi) is 5.11. The smallest absolute Gasteiger partial charge is 0.216 e. The molecule has 0 aliphatic heterocycles. The minimum atomic E-state index is 0.396. The molecule has 4 rings (SSSR count). The van der Waals surface area contributed by atoms with Crippen LogP contribution in [-0.4, -0.2) is 37.9 Å². The quantitative estimate of drug-likeness (QED) is 0.380. The van der Waals surface area contributed by atoms with Gasteiger partial charge in [0.15, 0.2) is 0 Å². The number of nitrogens with one attached hydrogen (secondary N) is 2. The van der Waals surface area contributed by atoms with Crippen molar-refractivity contribution in [1.82, 2.24) is 25.1 Å². The monoisotopic (exact) mass is 390 g/mol. The number of H-pyrrole nitrogens is 2. The van der Waals surface area contributed by atoms with Gasteiger partial charge in [0.25, 0.3) is 0 Å². The Morgan fingerprint density at radius 3 is 2.61 bits per heavy atom. The lowest BCUT2D eigenvalue weighted by Crippen LogP contribution is -1.96. The molecule has 140 valence electrons. The lowest BCUT2D eigenvalue weighted by atomic mass is 10.1. The topological polar surface area (TPSA) is 83.9 Å². The summed E-state index contributed by atoms with van der Waals surface area (Å²) in [6, 6.07) is 19.5. The third-order valence-electron chi connectivity index (χ3n) is 4.05. The molecular formula is C20H18N6OS. The average molecular weight is 390 g/mol. The molecule has 0 unspecified atom stereocenters. The molecule has 0 bridgehead atoms. The summed E-state index contributed by atoms with van der Waals surface area (Å²) in [5.74, 6) is 1.38. The van der Waals surface area contributed by atoms with Crippen LogP contribution in [0.1, 0.15) is 12.5 Å². The van der Waals surface area contributed by atoms with E-state index in [0.717, 1.165) is 28.3 Å². The molecule has 0 amide bonds. The zero-order chi connectivity index (χ0) is 19.3. The molecule has 2 heterocycles. The first-order valence-corrected chi connectivity index (χ1v) is 9.21. The van der Waals surface area contributed by atoms with Gasteiger partial charge in [-0.3, -0.25) is 5.10 Å². The van der Waals surface area contributed by atoms with Crippen molar-refractivity contribution >= 4 is 18.4 Å². The summed E-state index contributed by atoms with van der Waals surface area (Å²) in [5, 5.41) is 18.9. The first-order valence-electron chi connectivity index (χ1n) is 8.80. The Morgan fingerprint density at radius 1 is 1.07 bits per heavy atom. The van der Waals surface area contributed by atoms with Crippen LogP contribution in [0, 0.1) is 4.77 Å². The predicted molar refractivity (Wildman–Crippen MR) is 111 cm³/mol. The van der Waals surface area contributed by atoms with Gasteiger partial charge in [-0.1, -0.05) is 30.3 Å². The van der Waals surface area contributed by atoms with Crippen molar-refractivity contribution < 1.29 is 4.74 Å². The van der Waals surface area contributed by atoms with Crippen LogP contribution >= 0.6 is 12.2 Å². The number of aromatic nitrogens is 5. The third-order valence-corrected chi connectivity index (χ3v) is 4.32. The largest absolute Gasteiger partial charge is 0.494 e. The zero-order valence-electron chi connectivity index (χ0n) is 15.2. The van der Waals surface area contributed by atoms with Gasteiger partial charge in [0.05, 0.1) is 18.5 Å². The molecule has 8 heteroatoms. The molecule has 28 heavy (non-hydrogen) atoms. The molecule has 0 radical (unpaired) electrons. The summed E-state index contributed by atoms with van der Waals surface area (Å²) in [6.45, 7) is 2.59. The first kappa shape index (κ1) is 17.9. The Labute approximate surface area is 166 Å². The van der Waals surface area contributed by atoms with Gasteiger partial charge < -0.3 is 4.74 Å². The highest BCUT2D eigenvalue weighted by molar-refractivity contribution is 7.71.